The van der Waals surface area contributed by atoms with E-state index >= 15 is 0 Å². The molecule has 0 heterocycles. The van der Waals surface area contributed by atoms with Gasteiger partial charge in [-0.25, -0.2) is 0 Å². The van der Waals surface area contributed by atoms with Crippen molar-refractivity contribution in [3.05, 3.63) is 70.2 Å². The monoisotopic (exact) mass is 244 g/mol. The summed E-state index contributed by atoms with van der Waals surface area (Å²) in [5.74, 6) is 0.290. The van der Waals surface area contributed by atoms with Crippen molar-refractivity contribution in [1.82, 2.24) is 0 Å². The number of fused-ring (bicyclic) bond motifs is 1. The summed E-state index contributed by atoms with van der Waals surface area (Å²) in [4.78, 5) is 0. The van der Waals surface area contributed by atoms with E-state index in [2.05, 4.69) is 12.1 Å². The number of hydrogen-bond donors (Lipinski definition) is 1. The predicted molar refractivity (Wildman–Crippen MR) is 69.3 cm³/mol. The first-order valence-electron chi connectivity index (χ1n) is 5.78. The first-order valence-corrected chi connectivity index (χ1v) is 6.16. The summed E-state index contributed by atoms with van der Waals surface area (Å²) >= 11 is 5.97. The largest absolute Gasteiger partial charge is 0.388 e. The van der Waals surface area contributed by atoms with Crippen LogP contribution in [0.2, 0.25) is 5.02 Å². The Morgan fingerprint density at radius 3 is 2.53 bits per heavy atom. The van der Waals surface area contributed by atoms with Gasteiger partial charge in [0.2, 0.25) is 0 Å². The zero-order valence-corrected chi connectivity index (χ0v) is 10.1. The van der Waals surface area contributed by atoms with Crippen LogP contribution >= 0.6 is 11.6 Å². The number of aliphatic hydroxyl groups excluding tert-OH is 1. The Morgan fingerprint density at radius 1 is 1.00 bits per heavy atom. The van der Waals surface area contributed by atoms with E-state index in [1.807, 2.05) is 36.4 Å². The van der Waals surface area contributed by atoms with Gasteiger partial charge in [-0.2, -0.15) is 0 Å². The van der Waals surface area contributed by atoms with Gasteiger partial charge in [0.1, 0.15) is 0 Å². The second kappa shape index (κ2) is 4.17. The van der Waals surface area contributed by atoms with Crippen molar-refractivity contribution in [2.24, 2.45) is 0 Å². The maximum absolute atomic E-state index is 10.1. The van der Waals surface area contributed by atoms with Crippen LogP contribution in [0.5, 0.6) is 0 Å². The third kappa shape index (κ3) is 1.86. The number of halogens is 1. The number of rotatable bonds is 1. The normalized spacial score (nSPS) is 22.5. The molecule has 0 saturated heterocycles. The number of hydrogen-bond acceptors (Lipinski definition) is 1. The van der Waals surface area contributed by atoms with Crippen LogP contribution in [-0.4, -0.2) is 5.11 Å². The lowest BCUT2D eigenvalue weighted by molar-refractivity contribution is 0.176. The van der Waals surface area contributed by atoms with Crippen LogP contribution in [0, 0.1) is 0 Å². The molecule has 0 unspecified atom stereocenters. The molecular formula is C15H13ClO. The molecule has 0 amide bonds. The molecule has 1 aliphatic rings. The van der Waals surface area contributed by atoms with Gasteiger partial charge in [-0.1, -0.05) is 48.0 Å². The molecule has 1 N–H and O–H groups in total. The number of aliphatic hydroxyl groups is 1. The fourth-order valence-corrected chi connectivity index (χ4v) is 2.81. The first-order chi connectivity index (χ1) is 8.25. The van der Waals surface area contributed by atoms with E-state index < -0.39 is 6.10 Å². The molecule has 0 aliphatic heterocycles. The van der Waals surface area contributed by atoms with Crippen molar-refractivity contribution < 1.29 is 5.11 Å². The lowest BCUT2D eigenvalue weighted by atomic mass is 9.93. The summed E-state index contributed by atoms with van der Waals surface area (Å²) in [5.41, 5.74) is 3.44. The van der Waals surface area contributed by atoms with Crippen molar-refractivity contribution in [2.75, 3.05) is 0 Å². The molecule has 0 saturated carbocycles. The smallest absolute Gasteiger partial charge is 0.0802 e. The minimum Gasteiger partial charge on any atom is -0.388 e. The minimum atomic E-state index is -0.395. The van der Waals surface area contributed by atoms with E-state index in [4.69, 9.17) is 11.6 Å². The first kappa shape index (κ1) is 10.8. The summed E-state index contributed by atoms with van der Waals surface area (Å²) < 4.78 is 0. The van der Waals surface area contributed by atoms with Crippen molar-refractivity contribution in [3.8, 4) is 0 Å². The summed E-state index contributed by atoms with van der Waals surface area (Å²) in [6.07, 6.45) is 0.355. The Hall–Kier alpha value is -1.31. The average molecular weight is 245 g/mol. The standard InChI is InChI=1S/C15H13ClO/c16-11-6-7-12-13(9-15(17)14(12)8-11)10-4-2-1-3-5-10/h1-8,13,15,17H,9H2/t13-,15+/m1/s1. The zero-order chi connectivity index (χ0) is 11.8. The molecule has 2 heteroatoms. The Labute approximate surface area is 106 Å². The van der Waals surface area contributed by atoms with E-state index in [1.54, 1.807) is 0 Å². The SMILES string of the molecule is O[C@H]1C[C@H](c2ccccc2)c2ccc(Cl)cc21. The lowest BCUT2D eigenvalue weighted by Gasteiger charge is -2.11. The summed E-state index contributed by atoms with van der Waals surface area (Å²) in [6.45, 7) is 0. The van der Waals surface area contributed by atoms with Crippen LogP contribution in [0.1, 0.15) is 35.1 Å². The van der Waals surface area contributed by atoms with Crippen LogP contribution in [0.25, 0.3) is 0 Å². The Kier molecular flexibility index (Phi) is 2.65. The minimum absolute atomic E-state index is 0.290. The van der Waals surface area contributed by atoms with Crippen LogP contribution in [0.15, 0.2) is 48.5 Å². The van der Waals surface area contributed by atoms with Gasteiger partial charge < -0.3 is 5.11 Å². The molecule has 2 atom stereocenters. The van der Waals surface area contributed by atoms with Gasteiger partial charge in [-0.15, -0.1) is 0 Å². The maximum atomic E-state index is 10.1. The van der Waals surface area contributed by atoms with Gasteiger partial charge in [0.15, 0.2) is 0 Å². The van der Waals surface area contributed by atoms with Crippen molar-refractivity contribution in [1.29, 1.82) is 0 Å². The fourth-order valence-electron chi connectivity index (χ4n) is 2.63. The van der Waals surface area contributed by atoms with Crippen LogP contribution in [-0.2, 0) is 0 Å². The van der Waals surface area contributed by atoms with Crippen LogP contribution < -0.4 is 0 Å². The molecule has 0 aromatic heterocycles. The lowest BCUT2D eigenvalue weighted by Crippen LogP contribution is -1.95. The molecule has 0 bridgehead atoms. The second-order valence-corrected chi connectivity index (χ2v) is 4.92. The van der Waals surface area contributed by atoms with E-state index in [1.165, 1.54) is 11.1 Å². The summed E-state index contributed by atoms with van der Waals surface area (Å²) in [7, 11) is 0. The van der Waals surface area contributed by atoms with Gasteiger partial charge in [-0.05, 0) is 35.2 Å². The highest BCUT2D eigenvalue weighted by Gasteiger charge is 2.30. The molecule has 1 aliphatic carbocycles. The van der Waals surface area contributed by atoms with Crippen LogP contribution in [0.3, 0.4) is 0 Å². The third-order valence-electron chi connectivity index (χ3n) is 3.44. The Bertz CT molecular complexity index is 536. The fraction of sp³-hybridized carbons (Fsp3) is 0.200. The van der Waals surface area contributed by atoms with Crippen molar-refractivity contribution in [3.63, 3.8) is 0 Å². The van der Waals surface area contributed by atoms with Crippen molar-refractivity contribution >= 4 is 11.6 Å². The highest BCUT2D eigenvalue weighted by Crippen LogP contribution is 2.44. The molecule has 2 aromatic carbocycles. The third-order valence-corrected chi connectivity index (χ3v) is 3.68. The Balaban J connectivity index is 2.08. The highest BCUT2D eigenvalue weighted by molar-refractivity contribution is 6.30. The maximum Gasteiger partial charge on any atom is 0.0802 e. The Morgan fingerprint density at radius 2 is 1.76 bits per heavy atom. The van der Waals surface area contributed by atoms with E-state index in [9.17, 15) is 5.11 Å². The molecule has 3 rings (SSSR count). The average Bonchev–Trinajstić information content (AvgIpc) is 2.68. The molecule has 0 radical (unpaired) electrons. The van der Waals surface area contributed by atoms with Gasteiger partial charge >= 0.3 is 0 Å². The van der Waals surface area contributed by atoms with Crippen molar-refractivity contribution in [2.45, 2.75) is 18.4 Å². The predicted octanol–water partition coefficient (Wildman–Crippen LogP) is 3.91. The molecular weight excluding hydrogens is 232 g/mol. The zero-order valence-electron chi connectivity index (χ0n) is 9.31. The quantitative estimate of drug-likeness (QED) is 0.807. The molecule has 0 spiro atoms. The topological polar surface area (TPSA) is 20.2 Å². The second-order valence-electron chi connectivity index (χ2n) is 4.49. The van der Waals surface area contributed by atoms with Gasteiger partial charge in [0.05, 0.1) is 6.10 Å². The molecule has 1 nitrogen and oxygen atoms in total. The molecule has 0 fully saturated rings. The molecule has 17 heavy (non-hydrogen) atoms. The number of benzene rings is 2. The van der Waals surface area contributed by atoms with Gasteiger partial charge in [0.25, 0.3) is 0 Å². The van der Waals surface area contributed by atoms with E-state index in [0.29, 0.717) is 10.9 Å². The molecule has 2 aromatic rings. The highest BCUT2D eigenvalue weighted by atomic mass is 35.5. The van der Waals surface area contributed by atoms with Gasteiger partial charge in [-0.3, -0.25) is 0 Å². The van der Waals surface area contributed by atoms with E-state index in [0.717, 1.165) is 12.0 Å². The van der Waals surface area contributed by atoms with Gasteiger partial charge in [0, 0.05) is 10.9 Å². The summed E-state index contributed by atoms with van der Waals surface area (Å²) in [5, 5.41) is 10.8. The summed E-state index contributed by atoms with van der Waals surface area (Å²) in [6, 6.07) is 16.1. The van der Waals surface area contributed by atoms with Crippen LogP contribution in [0.4, 0.5) is 0 Å². The molecule has 86 valence electrons. The van der Waals surface area contributed by atoms with E-state index in [-0.39, 0.29) is 0 Å².